The van der Waals surface area contributed by atoms with Gasteiger partial charge < -0.3 is 19.9 Å². The smallest absolute Gasteiger partial charge is 0.326 e. The van der Waals surface area contributed by atoms with Gasteiger partial charge in [0.1, 0.15) is 6.04 Å². The first kappa shape index (κ1) is 14.2. The Bertz CT molecular complexity index is 514. The minimum absolute atomic E-state index is 0.115. The molecule has 20 heavy (non-hydrogen) atoms. The molecule has 6 nitrogen and oxygen atoms in total. The predicted octanol–water partition coefficient (Wildman–Crippen LogP) is 1.33. The van der Waals surface area contributed by atoms with Gasteiger partial charge in [-0.05, 0) is 24.1 Å². The van der Waals surface area contributed by atoms with Crippen molar-refractivity contribution in [2.45, 2.75) is 32.2 Å². The van der Waals surface area contributed by atoms with Crippen molar-refractivity contribution in [1.29, 1.82) is 0 Å². The summed E-state index contributed by atoms with van der Waals surface area (Å²) in [5.41, 5.74) is 0.757. The zero-order chi connectivity index (χ0) is 14.5. The van der Waals surface area contributed by atoms with E-state index >= 15 is 0 Å². The minimum Gasteiger partial charge on any atom is -0.480 e. The maximum absolute atomic E-state index is 11.9. The van der Waals surface area contributed by atoms with Crippen molar-refractivity contribution >= 4 is 11.9 Å². The van der Waals surface area contributed by atoms with Gasteiger partial charge in [-0.25, -0.2) is 4.79 Å². The summed E-state index contributed by atoms with van der Waals surface area (Å²) >= 11 is 0. The maximum Gasteiger partial charge on any atom is 0.326 e. The summed E-state index contributed by atoms with van der Waals surface area (Å²) < 4.78 is 10.4. The Kier molecular flexibility index (Phi) is 4.45. The highest BCUT2D eigenvalue weighted by Gasteiger charge is 2.19. The molecule has 0 bridgehead atoms. The third-order valence-corrected chi connectivity index (χ3v) is 3.01. The zero-order valence-electron chi connectivity index (χ0n) is 11.2. The van der Waals surface area contributed by atoms with Crippen LogP contribution in [0.4, 0.5) is 0 Å². The minimum atomic E-state index is -1.01. The second-order valence-electron chi connectivity index (χ2n) is 4.61. The molecule has 1 aliphatic heterocycles. The molecule has 0 saturated carbocycles. The van der Waals surface area contributed by atoms with Crippen LogP contribution in [-0.2, 0) is 16.0 Å². The normalized spacial score (nSPS) is 13.8. The number of carboxylic acid groups (broad SMARTS) is 1. The van der Waals surface area contributed by atoms with Gasteiger partial charge in [-0.15, -0.1) is 0 Å². The molecule has 0 radical (unpaired) electrons. The first-order valence-electron chi connectivity index (χ1n) is 6.51. The van der Waals surface area contributed by atoms with Crippen molar-refractivity contribution < 1.29 is 24.2 Å². The van der Waals surface area contributed by atoms with Crippen LogP contribution in [-0.4, -0.2) is 29.8 Å². The summed E-state index contributed by atoms with van der Waals surface area (Å²) in [7, 11) is 0. The lowest BCUT2D eigenvalue weighted by Crippen LogP contribution is -2.41. The molecule has 0 saturated heterocycles. The van der Waals surface area contributed by atoms with E-state index in [1.165, 1.54) is 0 Å². The highest BCUT2D eigenvalue weighted by molar-refractivity contribution is 5.84. The average molecular weight is 279 g/mol. The first-order valence-corrected chi connectivity index (χ1v) is 6.51. The summed E-state index contributed by atoms with van der Waals surface area (Å²) in [6.45, 7) is 2.06. The van der Waals surface area contributed by atoms with Crippen LogP contribution in [0.25, 0.3) is 0 Å². The molecule has 1 heterocycles. The van der Waals surface area contributed by atoms with Gasteiger partial charge in [0.2, 0.25) is 12.7 Å². The van der Waals surface area contributed by atoms with Gasteiger partial charge in [0.15, 0.2) is 11.5 Å². The van der Waals surface area contributed by atoms with Gasteiger partial charge in [0.25, 0.3) is 0 Å². The van der Waals surface area contributed by atoms with Crippen molar-refractivity contribution in [3.63, 3.8) is 0 Å². The molecule has 2 rings (SSSR count). The van der Waals surface area contributed by atoms with Crippen molar-refractivity contribution in [3.8, 4) is 11.5 Å². The summed E-state index contributed by atoms with van der Waals surface area (Å²) in [5.74, 6) is -0.0576. The highest BCUT2D eigenvalue weighted by Crippen LogP contribution is 2.32. The molecule has 0 aliphatic carbocycles. The first-order chi connectivity index (χ1) is 9.60. The van der Waals surface area contributed by atoms with E-state index in [1.807, 2.05) is 6.92 Å². The standard InChI is InChI=1S/C14H17NO5/c1-2-3-10(14(17)18)15-13(16)7-9-4-5-11-12(6-9)20-8-19-11/h4-6,10H,2-3,7-8H2,1H3,(H,15,16)(H,17,18). The largest absolute Gasteiger partial charge is 0.480 e. The second kappa shape index (κ2) is 6.27. The van der Waals surface area contributed by atoms with Crippen LogP contribution in [0.5, 0.6) is 11.5 Å². The van der Waals surface area contributed by atoms with E-state index in [0.29, 0.717) is 24.3 Å². The second-order valence-corrected chi connectivity index (χ2v) is 4.61. The Morgan fingerprint density at radius 3 is 2.80 bits per heavy atom. The van der Waals surface area contributed by atoms with Gasteiger partial charge in [-0.1, -0.05) is 19.4 Å². The Morgan fingerprint density at radius 1 is 1.35 bits per heavy atom. The van der Waals surface area contributed by atoms with Crippen LogP contribution in [0.2, 0.25) is 0 Å². The fourth-order valence-corrected chi connectivity index (χ4v) is 2.03. The molecule has 0 fully saturated rings. The average Bonchev–Trinajstić information content (AvgIpc) is 2.85. The number of hydrogen-bond donors (Lipinski definition) is 2. The molecule has 1 aliphatic rings. The molecule has 1 unspecified atom stereocenters. The molecule has 2 N–H and O–H groups in total. The third-order valence-electron chi connectivity index (χ3n) is 3.01. The number of carbonyl (C=O) groups is 2. The Balaban J connectivity index is 1.95. The number of rotatable bonds is 6. The predicted molar refractivity (Wildman–Crippen MR) is 70.7 cm³/mol. The molecule has 1 atom stereocenters. The van der Waals surface area contributed by atoms with E-state index < -0.39 is 12.0 Å². The molecule has 0 aromatic heterocycles. The topological polar surface area (TPSA) is 84.9 Å². The summed E-state index contributed by atoms with van der Waals surface area (Å²) in [5, 5.41) is 11.5. The van der Waals surface area contributed by atoms with E-state index in [0.717, 1.165) is 5.56 Å². The Hall–Kier alpha value is -2.24. The van der Waals surface area contributed by atoms with Crippen LogP contribution >= 0.6 is 0 Å². The highest BCUT2D eigenvalue weighted by atomic mass is 16.7. The van der Waals surface area contributed by atoms with Crippen LogP contribution in [0.15, 0.2) is 18.2 Å². The van der Waals surface area contributed by atoms with Crippen LogP contribution < -0.4 is 14.8 Å². The fourth-order valence-electron chi connectivity index (χ4n) is 2.03. The summed E-state index contributed by atoms with van der Waals surface area (Å²) in [6.07, 6.45) is 1.23. The summed E-state index contributed by atoms with van der Waals surface area (Å²) in [4.78, 5) is 22.8. The number of amides is 1. The Morgan fingerprint density at radius 2 is 2.10 bits per heavy atom. The van der Waals surface area contributed by atoms with Gasteiger partial charge in [-0.2, -0.15) is 0 Å². The number of aliphatic carboxylic acids is 1. The number of fused-ring (bicyclic) bond motifs is 1. The summed E-state index contributed by atoms with van der Waals surface area (Å²) in [6, 6.07) is 4.41. The lowest BCUT2D eigenvalue weighted by Gasteiger charge is -2.13. The molecule has 108 valence electrons. The molecule has 6 heteroatoms. The number of nitrogens with one attached hydrogen (secondary N) is 1. The molecule has 0 spiro atoms. The van der Waals surface area contributed by atoms with Crippen LogP contribution in [0, 0.1) is 0 Å². The van der Waals surface area contributed by atoms with Crippen molar-refractivity contribution in [2.24, 2.45) is 0 Å². The number of carbonyl (C=O) groups excluding carboxylic acids is 1. The lowest BCUT2D eigenvalue weighted by atomic mass is 10.1. The number of benzene rings is 1. The lowest BCUT2D eigenvalue weighted by molar-refractivity contribution is -0.141. The van der Waals surface area contributed by atoms with Gasteiger partial charge >= 0.3 is 5.97 Å². The van der Waals surface area contributed by atoms with Crippen LogP contribution in [0.3, 0.4) is 0 Å². The van der Waals surface area contributed by atoms with Crippen molar-refractivity contribution in [1.82, 2.24) is 5.32 Å². The number of hydrogen-bond acceptors (Lipinski definition) is 4. The van der Waals surface area contributed by atoms with Gasteiger partial charge in [-0.3, -0.25) is 4.79 Å². The fraction of sp³-hybridized carbons (Fsp3) is 0.429. The van der Waals surface area contributed by atoms with Gasteiger partial charge in [0.05, 0.1) is 6.42 Å². The van der Waals surface area contributed by atoms with E-state index in [1.54, 1.807) is 18.2 Å². The van der Waals surface area contributed by atoms with E-state index in [2.05, 4.69) is 5.32 Å². The van der Waals surface area contributed by atoms with Gasteiger partial charge in [0, 0.05) is 0 Å². The number of ether oxygens (including phenoxy) is 2. The third kappa shape index (κ3) is 3.40. The zero-order valence-corrected chi connectivity index (χ0v) is 11.2. The maximum atomic E-state index is 11.9. The van der Waals surface area contributed by atoms with Crippen molar-refractivity contribution in [3.05, 3.63) is 23.8 Å². The number of carboxylic acids is 1. The monoisotopic (exact) mass is 279 g/mol. The molecule has 1 amide bonds. The molecule has 1 aromatic rings. The molecule has 1 aromatic carbocycles. The molecular formula is C14H17NO5. The van der Waals surface area contributed by atoms with E-state index in [4.69, 9.17) is 14.6 Å². The quantitative estimate of drug-likeness (QED) is 0.820. The van der Waals surface area contributed by atoms with Crippen LogP contribution in [0.1, 0.15) is 25.3 Å². The van der Waals surface area contributed by atoms with Crippen molar-refractivity contribution in [2.75, 3.05) is 6.79 Å². The van der Waals surface area contributed by atoms with E-state index in [9.17, 15) is 9.59 Å². The SMILES string of the molecule is CCCC(NC(=O)Cc1ccc2c(c1)OCO2)C(=O)O. The van der Waals surface area contributed by atoms with E-state index in [-0.39, 0.29) is 19.1 Å². The molecular weight excluding hydrogens is 262 g/mol. The Labute approximate surface area is 116 Å².